The minimum absolute atomic E-state index is 0.00900. The number of aromatic hydroxyl groups is 1. The van der Waals surface area contributed by atoms with E-state index in [2.05, 4.69) is 5.32 Å². The van der Waals surface area contributed by atoms with Crippen LogP contribution < -0.4 is 16.0 Å². The van der Waals surface area contributed by atoms with Crippen molar-refractivity contribution in [3.05, 3.63) is 53.1 Å². The van der Waals surface area contributed by atoms with Gasteiger partial charge in [0.1, 0.15) is 5.75 Å². The number of primary amides is 1. The molecule has 0 heterocycles. The van der Waals surface area contributed by atoms with E-state index in [0.717, 1.165) is 0 Å². The van der Waals surface area contributed by atoms with E-state index in [1.165, 1.54) is 6.07 Å². The Morgan fingerprint density at radius 3 is 2.33 bits per heavy atom. The van der Waals surface area contributed by atoms with E-state index in [1.807, 2.05) is 0 Å². The first-order valence-corrected chi connectivity index (χ1v) is 12.5. The molecule has 2 fully saturated rings. The molecule has 0 spiro atoms. The molecule has 2 aromatic carbocycles. The largest absolute Gasteiger partial charge is 0.506 e. The molecule has 2 saturated carbocycles. The fourth-order valence-corrected chi connectivity index (χ4v) is 6.31. The normalized spacial score (nSPS) is 27.8. The molecule has 0 aliphatic heterocycles. The van der Waals surface area contributed by atoms with Gasteiger partial charge in [-0.25, -0.2) is 0 Å². The molecule has 5 rings (SSSR count). The second kappa shape index (κ2) is 9.12. The number of benzene rings is 2. The first kappa shape index (κ1) is 26.2. The van der Waals surface area contributed by atoms with Crippen molar-refractivity contribution in [2.24, 2.45) is 29.4 Å². The highest BCUT2D eigenvalue weighted by molar-refractivity contribution is 6.31. The molecule has 0 aromatic heterocycles. The van der Waals surface area contributed by atoms with Crippen LogP contribution in [-0.4, -0.2) is 64.9 Å². The number of nitrogens with zero attached hydrogens (tertiary/aromatic N) is 1. The average Bonchev–Trinajstić information content (AvgIpc) is 2.86. The van der Waals surface area contributed by atoms with Crippen molar-refractivity contribution in [3.8, 4) is 5.75 Å². The maximum absolute atomic E-state index is 13.9. The minimum atomic E-state index is -2.73. The number of ketones is 4. The molecule has 5 N–H and O–H groups in total. The van der Waals surface area contributed by atoms with Gasteiger partial charge >= 0.3 is 0 Å². The molecule has 39 heavy (non-hydrogen) atoms. The molecule has 3 aliphatic carbocycles. The number of phenolic OH excluding ortho intramolecular Hbond substituents is 1. The van der Waals surface area contributed by atoms with Gasteiger partial charge in [0.2, 0.25) is 5.91 Å². The zero-order chi connectivity index (χ0) is 28.4. The second-order valence-corrected chi connectivity index (χ2v) is 10.6. The van der Waals surface area contributed by atoms with Gasteiger partial charge in [0, 0.05) is 37.8 Å². The SMILES string of the molecule is CN(C)c1cc(C(=O)Nc2ccccc2)c(O)c2c1C[C@H]1C[C@H]3CC(=O)C(C(N)=O)C(=O)[C@@]3(O)C(=O)C1C2=O. The van der Waals surface area contributed by atoms with Crippen LogP contribution in [0.1, 0.15) is 39.1 Å². The number of hydrogen-bond donors (Lipinski definition) is 4. The Bertz CT molecular complexity index is 1470. The van der Waals surface area contributed by atoms with Crippen LogP contribution in [0.25, 0.3) is 0 Å². The minimum Gasteiger partial charge on any atom is -0.506 e. The van der Waals surface area contributed by atoms with Gasteiger partial charge in [-0.2, -0.15) is 0 Å². The lowest BCUT2D eigenvalue weighted by Gasteiger charge is -2.48. The zero-order valence-electron chi connectivity index (χ0n) is 21.3. The monoisotopic (exact) mass is 533 g/mol. The lowest BCUT2D eigenvalue weighted by Crippen LogP contribution is -2.68. The van der Waals surface area contributed by atoms with Crippen molar-refractivity contribution >= 4 is 46.3 Å². The van der Waals surface area contributed by atoms with E-state index < -0.39 is 76.4 Å². The summed E-state index contributed by atoms with van der Waals surface area (Å²) in [7, 11) is 3.41. The van der Waals surface area contributed by atoms with Crippen LogP contribution in [0.2, 0.25) is 0 Å². The fraction of sp³-hybridized carbons (Fsp3) is 0.357. The van der Waals surface area contributed by atoms with E-state index >= 15 is 0 Å². The van der Waals surface area contributed by atoms with Crippen molar-refractivity contribution < 1.29 is 39.0 Å². The smallest absolute Gasteiger partial charge is 0.259 e. The Labute approximate surface area is 223 Å². The number of nitrogens with one attached hydrogen (secondary N) is 1. The van der Waals surface area contributed by atoms with Crippen molar-refractivity contribution in [1.29, 1.82) is 0 Å². The van der Waals surface area contributed by atoms with E-state index in [1.54, 1.807) is 49.3 Å². The van der Waals surface area contributed by atoms with Gasteiger partial charge in [0.25, 0.3) is 5.91 Å². The number of anilines is 2. The zero-order valence-corrected chi connectivity index (χ0v) is 21.3. The van der Waals surface area contributed by atoms with Gasteiger partial charge in [-0.1, -0.05) is 18.2 Å². The van der Waals surface area contributed by atoms with Crippen LogP contribution in [0.3, 0.4) is 0 Å². The molecular weight excluding hydrogens is 506 g/mol. The highest BCUT2D eigenvalue weighted by atomic mass is 16.3. The number of Topliss-reactive ketones (excluding diaryl/α,β-unsaturated/α-hetero) is 4. The van der Waals surface area contributed by atoms with Gasteiger partial charge in [-0.3, -0.25) is 28.8 Å². The number of amides is 2. The lowest BCUT2D eigenvalue weighted by atomic mass is 9.53. The summed E-state index contributed by atoms with van der Waals surface area (Å²) in [5.74, 6) is -11.9. The van der Waals surface area contributed by atoms with Crippen LogP contribution in [0.4, 0.5) is 11.4 Å². The van der Waals surface area contributed by atoms with Crippen LogP contribution >= 0.6 is 0 Å². The quantitative estimate of drug-likeness (QED) is 0.410. The van der Waals surface area contributed by atoms with Crippen molar-refractivity contribution in [2.45, 2.75) is 24.9 Å². The summed E-state index contributed by atoms with van der Waals surface area (Å²) in [6, 6.07) is 9.97. The maximum Gasteiger partial charge on any atom is 0.259 e. The predicted octanol–water partition coefficient (Wildman–Crippen LogP) is 0.645. The summed E-state index contributed by atoms with van der Waals surface area (Å²) in [5, 5.41) is 25.2. The molecule has 11 nitrogen and oxygen atoms in total. The van der Waals surface area contributed by atoms with Gasteiger partial charge in [0.05, 0.1) is 17.0 Å². The molecular formula is C28H27N3O8. The standard InChI is InChI=1S/C28H27N3O8/c1-31(2)17-11-16(27(38)30-14-6-4-3-5-7-14)22(33)20-15(17)9-12-8-13-10-18(32)21(26(29)37)25(36)28(13,39)24(35)19(12)23(20)34/h3-7,11-13,19,21,33,39H,8-10H2,1-2H3,(H2,29,37)(H,30,38)/t12-,13+,19?,21?,28+/m1/s1. The topological polar surface area (TPSA) is 184 Å². The number of phenols is 1. The molecule has 2 aromatic rings. The van der Waals surface area contributed by atoms with Crippen LogP contribution in [-0.2, 0) is 25.6 Å². The molecule has 0 bridgehead atoms. The van der Waals surface area contributed by atoms with Gasteiger partial charge in [-0.05, 0) is 42.5 Å². The third-order valence-corrected chi connectivity index (χ3v) is 8.14. The van der Waals surface area contributed by atoms with Crippen molar-refractivity contribution in [3.63, 3.8) is 0 Å². The van der Waals surface area contributed by atoms with Crippen LogP contribution in [0.5, 0.6) is 5.75 Å². The Balaban J connectivity index is 1.60. The summed E-state index contributed by atoms with van der Waals surface area (Å²) >= 11 is 0. The van der Waals surface area contributed by atoms with Gasteiger partial charge in [0.15, 0.2) is 34.7 Å². The summed E-state index contributed by atoms with van der Waals surface area (Å²) < 4.78 is 0. The second-order valence-electron chi connectivity index (χ2n) is 10.6. The lowest BCUT2D eigenvalue weighted by molar-refractivity contribution is -0.175. The number of hydrogen-bond acceptors (Lipinski definition) is 9. The molecule has 2 amide bonds. The molecule has 5 atom stereocenters. The predicted molar refractivity (Wildman–Crippen MR) is 137 cm³/mol. The molecule has 11 heteroatoms. The van der Waals surface area contributed by atoms with Crippen molar-refractivity contribution in [1.82, 2.24) is 0 Å². The third-order valence-electron chi connectivity index (χ3n) is 8.14. The number of fused-ring (bicyclic) bond motifs is 3. The summed E-state index contributed by atoms with van der Waals surface area (Å²) in [5.41, 5.74) is 3.41. The summed E-state index contributed by atoms with van der Waals surface area (Å²) in [6.45, 7) is 0. The number of carbonyl (C=O) groups excluding carboxylic acids is 6. The highest BCUT2D eigenvalue weighted by Gasteiger charge is 2.66. The highest BCUT2D eigenvalue weighted by Crippen LogP contribution is 2.51. The Morgan fingerprint density at radius 1 is 1.05 bits per heavy atom. The Morgan fingerprint density at radius 2 is 1.72 bits per heavy atom. The Kier molecular flexibility index (Phi) is 6.14. The number of nitrogens with two attached hydrogens (primary N) is 1. The van der Waals surface area contributed by atoms with Gasteiger partial charge in [-0.15, -0.1) is 0 Å². The average molecular weight is 534 g/mol. The molecule has 2 unspecified atom stereocenters. The molecule has 0 radical (unpaired) electrons. The molecule has 202 valence electrons. The van der Waals surface area contributed by atoms with Crippen molar-refractivity contribution in [2.75, 3.05) is 24.3 Å². The third kappa shape index (κ3) is 3.84. The van der Waals surface area contributed by atoms with E-state index in [-0.39, 0.29) is 24.0 Å². The summed E-state index contributed by atoms with van der Waals surface area (Å²) in [6.07, 6.45) is -0.297. The molecule has 3 aliphatic rings. The first-order valence-electron chi connectivity index (χ1n) is 12.5. The van der Waals surface area contributed by atoms with E-state index in [0.29, 0.717) is 16.9 Å². The van der Waals surface area contributed by atoms with Crippen LogP contribution in [0, 0.1) is 23.7 Å². The summed E-state index contributed by atoms with van der Waals surface area (Å²) in [4.78, 5) is 79.8. The fourth-order valence-electron chi connectivity index (χ4n) is 6.31. The number of aliphatic hydroxyl groups is 1. The van der Waals surface area contributed by atoms with E-state index in [9.17, 15) is 39.0 Å². The van der Waals surface area contributed by atoms with Gasteiger partial charge < -0.3 is 26.2 Å². The Hall–Kier alpha value is -4.38. The number of rotatable bonds is 4. The number of para-hydroxylation sites is 1. The number of carbonyl (C=O) groups is 6. The van der Waals surface area contributed by atoms with E-state index in [4.69, 9.17) is 5.73 Å². The van der Waals surface area contributed by atoms with Crippen LogP contribution in [0.15, 0.2) is 36.4 Å². The maximum atomic E-state index is 13.9. The molecule has 0 saturated heterocycles. The first-order chi connectivity index (χ1) is 18.4.